The Morgan fingerprint density at radius 2 is 1.77 bits per heavy atom. The first kappa shape index (κ1) is 19.7. The number of nitrogens with zero attached hydrogens (tertiary/aromatic N) is 2. The number of rotatable bonds is 3. The van der Waals surface area contributed by atoms with E-state index >= 15 is 0 Å². The summed E-state index contributed by atoms with van der Waals surface area (Å²) in [7, 11) is 0. The van der Waals surface area contributed by atoms with E-state index in [1.54, 1.807) is 0 Å². The number of hydrogen-bond donors (Lipinski definition) is 6. The maximum atomic E-state index is 13.9. The van der Waals surface area contributed by atoms with E-state index in [-0.39, 0.29) is 23.9 Å². The molecule has 3 unspecified atom stereocenters. The van der Waals surface area contributed by atoms with Crippen molar-refractivity contribution in [2.45, 2.75) is 74.0 Å². The van der Waals surface area contributed by atoms with Gasteiger partial charge in [0.05, 0.1) is 12.2 Å². The quantitative estimate of drug-likeness (QED) is 0.393. The summed E-state index contributed by atoms with van der Waals surface area (Å²) in [6.45, 7) is 0. The first-order valence-electron chi connectivity index (χ1n) is 8.70. The Labute approximate surface area is 155 Å². The highest BCUT2D eigenvalue weighted by atomic mass is 35.5. The molecule has 0 amide bonds. The number of nitrogens with one attached hydrogen (secondary N) is 1. The van der Waals surface area contributed by atoms with Gasteiger partial charge in [0.1, 0.15) is 23.4 Å². The molecule has 0 bridgehead atoms. The van der Waals surface area contributed by atoms with E-state index in [1.807, 2.05) is 0 Å². The van der Waals surface area contributed by atoms with Crippen LogP contribution in [0.4, 0.5) is 10.2 Å². The van der Waals surface area contributed by atoms with E-state index in [4.69, 9.17) is 17.3 Å². The van der Waals surface area contributed by atoms with Crippen LogP contribution in [0.25, 0.3) is 0 Å². The Hall–Kier alpha value is -1.10. The van der Waals surface area contributed by atoms with Gasteiger partial charge < -0.3 is 31.5 Å². The van der Waals surface area contributed by atoms with Crippen LogP contribution in [0.3, 0.4) is 0 Å². The van der Waals surface area contributed by atoms with Crippen LogP contribution in [-0.4, -0.2) is 65.9 Å². The Balaban J connectivity index is 1.86. The largest absolute Gasteiger partial charge is 0.388 e. The van der Waals surface area contributed by atoms with Crippen LogP contribution >= 0.6 is 11.6 Å². The number of aliphatic hydroxyl groups excluding tert-OH is 2. The molecule has 1 aromatic heterocycles. The van der Waals surface area contributed by atoms with Gasteiger partial charge in [-0.05, 0) is 50.1 Å². The summed E-state index contributed by atoms with van der Waals surface area (Å²) in [5.41, 5.74) is 1.92. The second-order valence-corrected chi connectivity index (χ2v) is 7.61. The molecule has 10 heteroatoms. The van der Waals surface area contributed by atoms with E-state index in [0.29, 0.717) is 25.7 Å². The zero-order valence-corrected chi connectivity index (χ0v) is 14.9. The van der Waals surface area contributed by atoms with Gasteiger partial charge in [-0.1, -0.05) is 0 Å². The maximum absolute atomic E-state index is 13.9. The van der Waals surface area contributed by atoms with Crippen LogP contribution in [0.15, 0.2) is 6.20 Å². The highest BCUT2D eigenvalue weighted by Crippen LogP contribution is 2.45. The third kappa shape index (κ3) is 3.17. The minimum Gasteiger partial charge on any atom is -0.388 e. The fourth-order valence-corrected chi connectivity index (χ4v) is 4.35. The van der Waals surface area contributed by atoms with Crippen molar-refractivity contribution in [1.82, 2.24) is 9.97 Å². The van der Waals surface area contributed by atoms with Crippen molar-refractivity contribution in [1.29, 1.82) is 0 Å². The highest BCUT2D eigenvalue weighted by Gasteiger charge is 2.62. The molecule has 2 fully saturated rings. The number of hydrogen-bond acceptors (Lipinski definition) is 8. The molecule has 3 rings (SSSR count). The summed E-state index contributed by atoms with van der Waals surface area (Å²) >= 11 is 5.68. The molecule has 0 saturated heterocycles. The molecular formula is C16H24ClFN4O4. The first-order valence-corrected chi connectivity index (χ1v) is 9.08. The number of aliphatic hydroxyl groups is 4. The summed E-state index contributed by atoms with van der Waals surface area (Å²) < 4.78 is 13.9. The lowest BCUT2D eigenvalue weighted by Crippen LogP contribution is -2.74. The normalized spacial score (nSPS) is 41.0. The molecule has 1 aromatic rings. The SMILES string of the molecule is N[C@H]1CCC[C@](O)(C2(O)CCCC(Nc3nc(Cl)ncc3F)C2O)[C@H]1O. The first-order chi connectivity index (χ1) is 12.2. The smallest absolute Gasteiger partial charge is 0.224 e. The molecule has 0 aliphatic heterocycles. The maximum Gasteiger partial charge on any atom is 0.224 e. The number of nitrogens with two attached hydrogens (primary N) is 1. The van der Waals surface area contributed by atoms with Gasteiger partial charge in [0, 0.05) is 6.04 Å². The fourth-order valence-electron chi connectivity index (χ4n) is 4.22. The highest BCUT2D eigenvalue weighted by molar-refractivity contribution is 6.28. The molecule has 2 aliphatic rings. The number of anilines is 1. The van der Waals surface area contributed by atoms with E-state index in [9.17, 15) is 24.8 Å². The van der Waals surface area contributed by atoms with E-state index in [0.717, 1.165) is 6.20 Å². The lowest BCUT2D eigenvalue weighted by molar-refractivity contribution is -0.264. The van der Waals surface area contributed by atoms with E-state index in [2.05, 4.69) is 15.3 Å². The van der Waals surface area contributed by atoms with Gasteiger partial charge in [-0.2, -0.15) is 4.98 Å². The average Bonchev–Trinajstić information content (AvgIpc) is 2.60. The van der Waals surface area contributed by atoms with Crippen molar-refractivity contribution in [3.8, 4) is 0 Å². The monoisotopic (exact) mass is 390 g/mol. The standard InChI is InChI=1S/C16H24ClFN4O4/c17-14-20-7-8(18)13(22-14)21-10-4-2-6-16(26,12(10)24)15(25)5-1-3-9(19)11(15)23/h7,9-12,23-26H,1-6,19H2,(H,20,21,22)/t9-,10?,11-,12?,15+,16?/m0/s1. The fraction of sp³-hybridized carbons (Fsp3) is 0.750. The Morgan fingerprint density at radius 1 is 1.15 bits per heavy atom. The zero-order valence-electron chi connectivity index (χ0n) is 14.1. The van der Waals surface area contributed by atoms with Crippen molar-refractivity contribution in [2.24, 2.45) is 5.73 Å². The Morgan fingerprint density at radius 3 is 2.46 bits per heavy atom. The van der Waals surface area contributed by atoms with Crippen molar-refractivity contribution < 1.29 is 24.8 Å². The molecule has 6 atom stereocenters. The van der Waals surface area contributed by atoms with Gasteiger partial charge in [-0.3, -0.25) is 0 Å². The second-order valence-electron chi connectivity index (χ2n) is 7.27. The van der Waals surface area contributed by atoms with Crippen LogP contribution < -0.4 is 11.1 Å². The van der Waals surface area contributed by atoms with Gasteiger partial charge in [0.25, 0.3) is 0 Å². The van der Waals surface area contributed by atoms with Crippen LogP contribution in [0, 0.1) is 5.82 Å². The third-order valence-electron chi connectivity index (χ3n) is 5.72. The molecule has 146 valence electrons. The predicted molar refractivity (Wildman–Crippen MR) is 92.0 cm³/mol. The minimum atomic E-state index is -1.99. The summed E-state index contributed by atoms with van der Waals surface area (Å²) in [4.78, 5) is 7.27. The molecule has 2 aliphatic carbocycles. The summed E-state index contributed by atoms with van der Waals surface area (Å²) in [6, 6.07) is -1.50. The molecular weight excluding hydrogens is 367 g/mol. The molecule has 0 aromatic carbocycles. The molecule has 7 N–H and O–H groups in total. The van der Waals surface area contributed by atoms with Gasteiger partial charge in [-0.15, -0.1) is 0 Å². The average molecular weight is 391 g/mol. The van der Waals surface area contributed by atoms with Crippen LogP contribution in [-0.2, 0) is 0 Å². The van der Waals surface area contributed by atoms with Crippen molar-refractivity contribution >= 4 is 17.4 Å². The van der Waals surface area contributed by atoms with Gasteiger partial charge in [0.15, 0.2) is 11.6 Å². The van der Waals surface area contributed by atoms with E-state index in [1.165, 1.54) is 0 Å². The molecule has 26 heavy (non-hydrogen) atoms. The lowest BCUT2D eigenvalue weighted by Gasteiger charge is -2.55. The summed E-state index contributed by atoms with van der Waals surface area (Å²) in [6.07, 6.45) is 0.110. The molecule has 8 nitrogen and oxygen atoms in total. The topological polar surface area (TPSA) is 145 Å². The molecule has 0 spiro atoms. The van der Waals surface area contributed by atoms with Crippen LogP contribution in [0.2, 0.25) is 5.28 Å². The molecule has 1 heterocycles. The minimum absolute atomic E-state index is 0.0830. The molecule has 2 saturated carbocycles. The van der Waals surface area contributed by atoms with Crippen molar-refractivity contribution in [3.05, 3.63) is 17.3 Å². The van der Waals surface area contributed by atoms with Gasteiger partial charge in [-0.25, -0.2) is 9.37 Å². The van der Waals surface area contributed by atoms with Crippen molar-refractivity contribution in [2.75, 3.05) is 5.32 Å². The summed E-state index contributed by atoms with van der Waals surface area (Å²) in [5, 5.41) is 46.0. The predicted octanol–water partition coefficient (Wildman–Crippen LogP) is -0.0713. The molecule has 0 radical (unpaired) electrons. The number of aromatic nitrogens is 2. The van der Waals surface area contributed by atoms with Gasteiger partial charge in [0.2, 0.25) is 5.28 Å². The number of halogens is 2. The lowest BCUT2D eigenvalue weighted by atomic mass is 9.62. The van der Waals surface area contributed by atoms with Crippen molar-refractivity contribution in [3.63, 3.8) is 0 Å². The van der Waals surface area contributed by atoms with Gasteiger partial charge >= 0.3 is 0 Å². The Kier molecular flexibility index (Phi) is 5.40. The van der Waals surface area contributed by atoms with E-state index < -0.39 is 41.3 Å². The second kappa shape index (κ2) is 7.14. The van der Waals surface area contributed by atoms with Crippen LogP contribution in [0.5, 0.6) is 0 Å². The summed E-state index contributed by atoms with van der Waals surface area (Å²) in [5.74, 6) is -0.958. The Bertz CT molecular complexity index is 671. The van der Waals surface area contributed by atoms with Crippen LogP contribution in [0.1, 0.15) is 38.5 Å². The third-order valence-corrected chi connectivity index (χ3v) is 5.90. The zero-order chi connectivity index (χ0) is 19.1.